The molecule has 30 heavy (non-hydrogen) atoms. The van der Waals surface area contributed by atoms with Crippen molar-refractivity contribution in [2.45, 2.75) is 20.8 Å². The molecule has 0 unspecified atom stereocenters. The topological polar surface area (TPSA) is 123 Å². The molecule has 0 radical (unpaired) electrons. The lowest BCUT2D eigenvalue weighted by molar-refractivity contribution is -0.385. The Balaban J connectivity index is 2.06. The van der Waals surface area contributed by atoms with E-state index in [2.05, 4.69) is 16.0 Å². The maximum atomic E-state index is 12.4. The van der Waals surface area contributed by atoms with Crippen molar-refractivity contribution in [3.8, 4) is 5.75 Å². The predicted octanol–water partition coefficient (Wildman–Crippen LogP) is 3.71. The van der Waals surface area contributed by atoms with E-state index in [-0.39, 0.29) is 40.5 Å². The Bertz CT molecular complexity index is 977. The van der Waals surface area contributed by atoms with E-state index in [1.54, 1.807) is 45.0 Å². The normalized spacial score (nSPS) is 10.3. The van der Waals surface area contributed by atoms with E-state index in [1.807, 2.05) is 0 Å². The number of nitrogens with zero attached hydrogens (tertiary/aromatic N) is 1. The summed E-state index contributed by atoms with van der Waals surface area (Å²) in [5.74, 6) is -0.816. The number of hydrogen-bond acceptors (Lipinski definition) is 6. The van der Waals surface area contributed by atoms with E-state index >= 15 is 0 Å². The number of carbonyl (C=O) groups excluding carboxylic acids is 2. The van der Waals surface area contributed by atoms with Gasteiger partial charge in [-0.3, -0.25) is 25.0 Å². The smallest absolute Gasteiger partial charge is 0.311 e. The number of nitro benzene ring substituents is 1. The molecule has 2 aromatic rings. The largest absolute Gasteiger partial charge is 0.487 e. The van der Waals surface area contributed by atoms with E-state index in [0.29, 0.717) is 11.4 Å². The number of carbonyl (C=O) groups is 2. The molecule has 0 fully saturated rings. The molecule has 0 aliphatic heterocycles. The lowest BCUT2D eigenvalue weighted by Gasteiger charge is -2.12. The molecule has 9 nitrogen and oxygen atoms in total. The summed E-state index contributed by atoms with van der Waals surface area (Å²) >= 11 is 5.15. The maximum Gasteiger partial charge on any atom is 0.311 e. The van der Waals surface area contributed by atoms with E-state index in [0.717, 1.165) is 6.07 Å². The summed E-state index contributed by atoms with van der Waals surface area (Å²) in [6.45, 7) is 5.54. The van der Waals surface area contributed by atoms with Gasteiger partial charge in [-0.15, -0.1) is 0 Å². The minimum absolute atomic E-state index is 0.00359. The molecule has 10 heteroatoms. The molecule has 0 saturated carbocycles. The lowest BCUT2D eigenvalue weighted by Crippen LogP contribution is -2.34. The summed E-state index contributed by atoms with van der Waals surface area (Å²) in [6.07, 6.45) is 0. The second-order valence-electron chi connectivity index (χ2n) is 6.51. The van der Waals surface area contributed by atoms with Crippen LogP contribution in [-0.4, -0.2) is 28.5 Å². The Morgan fingerprint density at radius 1 is 1.13 bits per heavy atom. The van der Waals surface area contributed by atoms with Gasteiger partial charge in [0.25, 0.3) is 5.91 Å². The first-order valence-corrected chi connectivity index (χ1v) is 9.56. The third kappa shape index (κ3) is 6.24. The fraction of sp³-hybridized carbons (Fsp3) is 0.250. The summed E-state index contributed by atoms with van der Waals surface area (Å²) in [5, 5.41) is 19.3. The molecule has 3 N–H and O–H groups in total. The van der Waals surface area contributed by atoms with Gasteiger partial charge in [-0.05, 0) is 49.5 Å². The van der Waals surface area contributed by atoms with Gasteiger partial charge in [0.2, 0.25) is 5.91 Å². The van der Waals surface area contributed by atoms with Crippen LogP contribution in [0.15, 0.2) is 42.5 Å². The number of hydrogen-bond donors (Lipinski definition) is 3. The minimum Gasteiger partial charge on any atom is -0.487 e. The van der Waals surface area contributed by atoms with Gasteiger partial charge >= 0.3 is 5.69 Å². The molecule has 0 atom stereocenters. The molecule has 2 amide bonds. The van der Waals surface area contributed by atoms with Crippen LogP contribution in [-0.2, 0) is 4.79 Å². The van der Waals surface area contributed by atoms with Crippen LogP contribution < -0.4 is 20.7 Å². The van der Waals surface area contributed by atoms with Crippen LogP contribution in [0.1, 0.15) is 31.1 Å². The van der Waals surface area contributed by atoms with E-state index in [4.69, 9.17) is 17.0 Å². The molecule has 2 aromatic carbocycles. The number of ether oxygens (including phenoxy) is 1. The summed E-state index contributed by atoms with van der Waals surface area (Å²) < 4.78 is 5.21. The summed E-state index contributed by atoms with van der Waals surface area (Å²) in [6, 6.07) is 10.7. The van der Waals surface area contributed by atoms with Crippen LogP contribution in [0.2, 0.25) is 0 Å². The average Bonchev–Trinajstić information content (AvgIpc) is 2.68. The van der Waals surface area contributed by atoms with Crippen molar-refractivity contribution in [3.05, 3.63) is 58.1 Å². The fourth-order valence-corrected chi connectivity index (χ4v) is 2.59. The van der Waals surface area contributed by atoms with E-state index in [9.17, 15) is 19.7 Å². The maximum absolute atomic E-state index is 12.4. The van der Waals surface area contributed by atoms with Crippen molar-refractivity contribution < 1.29 is 19.2 Å². The fourth-order valence-electron chi connectivity index (χ4n) is 2.38. The van der Waals surface area contributed by atoms with Crippen LogP contribution >= 0.6 is 12.2 Å². The van der Waals surface area contributed by atoms with Crippen molar-refractivity contribution >= 4 is 46.2 Å². The average molecular weight is 430 g/mol. The standard InChI is InChI=1S/C20H22N4O5S/c1-4-29-17-9-8-13(10-16(17)24(27)28)19(26)23-20(30)22-15-7-5-6-14(11-15)21-18(25)12(2)3/h5-12H,4H2,1-3H3,(H,21,25)(H2,22,23,26,30). The first-order valence-electron chi connectivity index (χ1n) is 9.15. The Morgan fingerprint density at radius 3 is 2.40 bits per heavy atom. The Hall–Kier alpha value is -3.53. The lowest BCUT2D eigenvalue weighted by atomic mass is 10.1. The summed E-state index contributed by atoms with van der Waals surface area (Å²) in [7, 11) is 0. The van der Waals surface area contributed by atoms with E-state index < -0.39 is 10.8 Å². The predicted molar refractivity (Wildman–Crippen MR) is 118 cm³/mol. The van der Waals surface area contributed by atoms with Crippen molar-refractivity contribution in [1.82, 2.24) is 5.32 Å². The van der Waals surface area contributed by atoms with Gasteiger partial charge in [0.15, 0.2) is 10.9 Å². The number of thiocarbonyl (C=S) groups is 1. The summed E-state index contributed by atoms with van der Waals surface area (Å²) in [4.78, 5) is 34.8. The monoisotopic (exact) mass is 430 g/mol. The molecule has 0 aromatic heterocycles. The molecule has 0 bridgehead atoms. The quantitative estimate of drug-likeness (QED) is 0.348. The third-order valence-electron chi connectivity index (χ3n) is 3.86. The van der Waals surface area contributed by atoms with Crippen LogP contribution in [0.25, 0.3) is 0 Å². The molecular formula is C20H22N4O5S. The first-order chi connectivity index (χ1) is 14.2. The van der Waals surface area contributed by atoms with E-state index in [1.165, 1.54) is 12.1 Å². The Morgan fingerprint density at radius 2 is 1.80 bits per heavy atom. The van der Waals surface area contributed by atoms with Gasteiger partial charge in [0.1, 0.15) is 0 Å². The van der Waals surface area contributed by atoms with Gasteiger partial charge in [0, 0.05) is 28.9 Å². The number of rotatable bonds is 7. The number of nitro groups is 1. The Labute approximate surface area is 179 Å². The van der Waals surface area contributed by atoms with Gasteiger partial charge in [0.05, 0.1) is 11.5 Å². The van der Waals surface area contributed by atoms with Crippen molar-refractivity contribution in [1.29, 1.82) is 0 Å². The number of amides is 2. The molecule has 2 rings (SSSR count). The minimum atomic E-state index is -0.616. The molecule has 0 spiro atoms. The molecular weight excluding hydrogens is 408 g/mol. The SMILES string of the molecule is CCOc1ccc(C(=O)NC(=S)Nc2cccc(NC(=O)C(C)C)c2)cc1[N+](=O)[O-]. The zero-order valence-electron chi connectivity index (χ0n) is 16.7. The number of benzene rings is 2. The van der Waals surface area contributed by atoms with Crippen LogP contribution in [0.5, 0.6) is 5.75 Å². The first kappa shape index (κ1) is 22.8. The Kier molecular flexibility index (Phi) is 7.82. The molecule has 158 valence electrons. The highest BCUT2D eigenvalue weighted by atomic mass is 32.1. The van der Waals surface area contributed by atoms with Crippen LogP contribution in [0, 0.1) is 16.0 Å². The second-order valence-corrected chi connectivity index (χ2v) is 6.91. The zero-order chi connectivity index (χ0) is 22.3. The van der Waals surface area contributed by atoms with Gasteiger partial charge < -0.3 is 15.4 Å². The van der Waals surface area contributed by atoms with Gasteiger partial charge in [-0.2, -0.15) is 0 Å². The second kappa shape index (κ2) is 10.3. The van der Waals surface area contributed by atoms with Gasteiger partial charge in [-0.25, -0.2) is 0 Å². The zero-order valence-corrected chi connectivity index (χ0v) is 17.5. The number of nitrogens with one attached hydrogen (secondary N) is 3. The third-order valence-corrected chi connectivity index (χ3v) is 4.06. The summed E-state index contributed by atoms with van der Waals surface area (Å²) in [5.41, 5.74) is 0.888. The highest BCUT2D eigenvalue weighted by Crippen LogP contribution is 2.28. The van der Waals surface area contributed by atoms with Crippen molar-refractivity contribution in [3.63, 3.8) is 0 Å². The molecule has 0 heterocycles. The highest BCUT2D eigenvalue weighted by molar-refractivity contribution is 7.80. The molecule has 0 aliphatic rings. The highest BCUT2D eigenvalue weighted by Gasteiger charge is 2.19. The van der Waals surface area contributed by atoms with Crippen LogP contribution in [0.4, 0.5) is 17.1 Å². The van der Waals surface area contributed by atoms with Crippen molar-refractivity contribution in [2.24, 2.45) is 5.92 Å². The van der Waals surface area contributed by atoms with Crippen molar-refractivity contribution in [2.75, 3.05) is 17.2 Å². The van der Waals surface area contributed by atoms with Crippen LogP contribution in [0.3, 0.4) is 0 Å². The van der Waals surface area contributed by atoms with Gasteiger partial charge in [-0.1, -0.05) is 19.9 Å². The number of anilines is 2. The molecule has 0 saturated heterocycles. The molecule has 0 aliphatic carbocycles.